The van der Waals surface area contributed by atoms with Gasteiger partial charge in [0.1, 0.15) is 0 Å². The van der Waals surface area contributed by atoms with E-state index in [0.717, 1.165) is 4.47 Å². The van der Waals surface area contributed by atoms with Gasteiger partial charge in [-0.05, 0) is 35.2 Å². The Kier molecular flexibility index (Phi) is 2.53. The van der Waals surface area contributed by atoms with Crippen LogP contribution in [0, 0.1) is 0 Å². The van der Waals surface area contributed by atoms with Crippen LogP contribution in [0.5, 0.6) is 0 Å². The minimum atomic E-state index is 0.188. The summed E-state index contributed by atoms with van der Waals surface area (Å²) >= 11 is 3.52. The summed E-state index contributed by atoms with van der Waals surface area (Å²) in [4.78, 5) is 3.47. The Labute approximate surface area is 115 Å². The maximum atomic E-state index is 3.52. The van der Waals surface area contributed by atoms with E-state index in [-0.39, 0.29) is 5.41 Å². The standard InChI is InChI=1S/C16H16BrN/c1-16(2,3)10-4-7-14-13(8-10)12-6-5-11(17)9-15(12)18-14/h4-9,18H,1-3H3. The number of H-pyrrole nitrogens is 1. The van der Waals surface area contributed by atoms with E-state index in [0.29, 0.717) is 0 Å². The van der Waals surface area contributed by atoms with Crippen LogP contribution >= 0.6 is 15.9 Å². The number of hydrogen-bond donors (Lipinski definition) is 1. The Balaban J connectivity index is 2.36. The lowest BCUT2D eigenvalue weighted by molar-refractivity contribution is 0.591. The van der Waals surface area contributed by atoms with Gasteiger partial charge in [0.2, 0.25) is 0 Å². The Hall–Kier alpha value is -1.28. The highest BCUT2D eigenvalue weighted by Crippen LogP contribution is 2.31. The molecule has 1 N–H and O–H groups in total. The fraction of sp³-hybridized carbons (Fsp3) is 0.250. The van der Waals surface area contributed by atoms with Crippen LogP contribution in [0.3, 0.4) is 0 Å². The molecule has 3 aromatic rings. The van der Waals surface area contributed by atoms with Crippen LogP contribution < -0.4 is 0 Å². The average molecular weight is 302 g/mol. The SMILES string of the molecule is CC(C)(C)c1ccc2[nH]c3cc(Br)ccc3c2c1. The fourth-order valence-corrected chi connectivity index (χ4v) is 2.70. The second-order valence-corrected chi connectivity index (χ2v) is 6.74. The molecule has 1 aromatic heterocycles. The number of aromatic amines is 1. The van der Waals surface area contributed by atoms with Crippen molar-refractivity contribution in [3.8, 4) is 0 Å². The van der Waals surface area contributed by atoms with Crippen LogP contribution in [0.4, 0.5) is 0 Å². The first-order valence-corrected chi connectivity index (χ1v) is 6.96. The normalized spacial score (nSPS) is 12.4. The van der Waals surface area contributed by atoms with E-state index in [2.05, 4.69) is 78.1 Å². The van der Waals surface area contributed by atoms with Crippen LogP contribution in [-0.2, 0) is 5.41 Å². The highest BCUT2D eigenvalue weighted by molar-refractivity contribution is 9.10. The van der Waals surface area contributed by atoms with Gasteiger partial charge in [-0.3, -0.25) is 0 Å². The molecule has 0 aliphatic carbocycles. The van der Waals surface area contributed by atoms with Crippen molar-refractivity contribution >= 4 is 37.7 Å². The molecule has 1 heterocycles. The van der Waals surface area contributed by atoms with Crippen molar-refractivity contribution in [1.29, 1.82) is 0 Å². The van der Waals surface area contributed by atoms with Gasteiger partial charge < -0.3 is 4.98 Å². The van der Waals surface area contributed by atoms with Gasteiger partial charge in [-0.1, -0.05) is 48.8 Å². The van der Waals surface area contributed by atoms with Crippen molar-refractivity contribution in [2.24, 2.45) is 0 Å². The summed E-state index contributed by atoms with van der Waals surface area (Å²) in [5, 5.41) is 2.60. The average Bonchev–Trinajstić information content (AvgIpc) is 2.63. The molecule has 1 nitrogen and oxygen atoms in total. The molecule has 0 aliphatic heterocycles. The molecule has 0 bridgehead atoms. The van der Waals surface area contributed by atoms with Crippen molar-refractivity contribution in [1.82, 2.24) is 4.98 Å². The van der Waals surface area contributed by atoms with E-state index in [1.807, 2.05) is 0 Å². The molecular formula is C16H16BrN. The molecule has 0 saturated heterocycles. The number of hydrogen-bond acceptors (Lipinski definition) is 0. The summed E-state index contributed by atoms with van der Waals surface area (Å²) in [6.07, 6.45) is 0. The van der Waals surface area contributed by atoms with Gasteiger partial charge in [-0.15, -0.1) is 0 Å². The first-order valence-electron chi connectivity index (χ1n) is 6.17. The Morgan fingerprint density at radius 3 is 2.39 bits per heavy atom. The first-order chi connectivity index (χ1) is 8.45. The zero-order valence-corrected chi connectivity index (χ0v) is 12.4. The number of aromatic nitrogens is 1. The third kappa shape index (κ3) is 1.85. The third-order valence-electron chi connectivity index (χ3n) is 3.43. The largest absolute Gasteiger partial charge is 0.354 e. The highest BCUT2D eigenvalue weighted by Gasteiger charge is 2.15. The molecule has 2 heteroatoms. The maximum Gasteiger partial charge on any atom is 0.0476 e. The van der Waals surface area contributed by atoms with E-state index in [9.17, 15) is 0 Å². The predicted octanol–water partition coefficient (Wildman–Crippen LogP) is 5.38. The van der Waals surface area contributed by atoms with Crippen LogP contribution in [0.15, 0.2) is 40.9 Å². The number of rotatable bonds is 0. The van der Waals surface area contributed by atoms with Crippen molar-refractivity contribution < 1.29 is 0 Å². The number of halogens is 1. The molecule has 18 heavy (non-hydrogen) atoms. The molecule has 0 radical (unpaired) electrons. The highest BCUT2D eigenvalue weighted by atomic mass is 79.9. The second kappa shape index (κ2) is 3.86. The predicted molar refractivity (Wildman–Crippen MR) is 82.2 cm³/mol. The minimum Gasteiger partial charge on any atom is -0.354 e. The monoisotopic (exact) mass is 301 g/mol. The number of nitrogens with one attached hydrogen (secondary N) is 1. The summed E-state index contributed by atoms with van der Waals surface area (Å²) < 4.78 is 1.11. The molecule has 2 aromatic carbocycles. The molecular weight excluding hydrogens is 286 g/mol. The van der Waals surface area contributed by atoms with Crippen molar-refractivity contribution in [3.05, 3.63) is 46.4 Å². The second-order valence-electron chi connectivity index (χ2n) is 5.83. The minimum absolute atomic E-state index is 0.188. The summed E-state index contributed by atoms with van der Waals surface area (Å²) in [7, 11) is 0. The van der Waals surface area contributed by atoms with Gasteiger partial charge in [0.15, 0.2) is 0 Å². The van der Waals surface area contributed by atoms with Gasteiger partial charge >= 0.3 is 0 Å². The Morgan fingerprint density at radius 1 is 0.889 bits per heavy atom. The summed E-state index contributed by atoms with van der Waals surface area (Å²) in [6.45, 7) is 6.75. The summed E-state index contributed by atoms with van der Waals surface area (Å²) in [5.41, 5.74) is 3.95. The lowest BCUT2D eigenvalue weighted by Crippen LogP contribution is -2.10. The van der Waals surface area contributed by atoms with Crippen molar-refractivity contribution in [3.63, 3.8) is 0 Å². The van der Waals surface area contributed by atoms with Gasteiger partial charge in [-0.25, -0.2) is 0 Å². The van der Waals surface area contributed by atoms with Crippen molar-refractivity contribution in [2.75, 3.05) is 0 Å². The third-order valence-corrected chi connectivity index (χ3v) is 3.92. The molecule has 0 unspecified atom stereocenters. The van der Waals surface area contributed by atoms with Gasteiger partial charge in [0.05, 0.1) is 0 Å². The quantitative estimate of drug-likeness (QED) is 0.574. The first kappa shape index (κ1) is 11.8. The lowest BCUT2D eigenvalue weighted by Gasteiger charge is -2.18. The van der Waals surface area contributed by atoms with Gasteiger partial charge in [-0.2, -0.15) is 0 Å². The number of benzene rings is 2. The van der Waals surface area contributed by atoms with Gasteiger partial charge in [0.25, 0.3) is 0 Å². The topological polar surface area (TPSA) is 15.8 Å². The van der Waals surface area contributed by atoms with E-state index in [1.165, 1.54) is 27.4 Å². The molecule has 0 aliphatic rings. The lowest BCUT2D eigenvalue weighted by atomic mass is 9.86. The number of fused-ring (bicyclic) bond motifs is 3. The molecule has 3 rings (SSSR count). The molecule has 0 fully saturated rings. The van der Waals surface area contributed by atoms with E-state index < -0.39 is 0 Å². The van der Waals surface area contributed by atoms with Crippen LogP contribution in [0.2, 0.25) is 0 Å². The summed E-state index contributed by atoms with van der Waals surface area (Å²) in [5.74, 6) is 0. The molecule has 0 atom stereocenters. The molecule has 0 saturated carbocycles. The zero-order chi connectivity index (χ0) is 12.9. The van der Waals surface area contributed by atoms with Crippen LogP contribution in [-0.4, -0.2) is 4.98 Å². The van der Waals surface area contributed by atoms with Crippen molar-refractivity contribution in [2.45, 2.75) is 26.2 Å². The van der Waals surface area contributed by atoms with E-state index >= 15 is 0 Å². The Bertz CT molecular complexity index is 732. The molecule has 0 amide bonds. The summed E-state index contributed by atoms with van der Waals surface area (Å²) in [6, 6.07) is 13.1. The van der Waals surface area contributed by atoms with Crippen LogP contribution in [0.1, 0.15) is 26.3 Å². The molecule has 0 spiro atoms. The zero-order valence-electron chi connectivity index (χ0n) is 10.8. The molecule has 92 valence electrons. The Morgan fingerprint density at radius 2 is 1.67 bits per heavy atom. The smallest absolute Gasteiger partial charge is 0.0476 e. The van der Waals surface area contributed by atoms with E-state index in [4.69, 9.17) is 0 Å². The fourth-order valence-electron chi connectivity index (χ4n) is 2.34. The van der Waals surface area contributed by atoms with Gasteiger partial charge in [0, 0.05) is 26.3 Å². The van der Waals surface area contributed by atoms with Crippen LogP contribution in [0.25, 0.3) is 21.8 Å². The maximum absolute atomic E-state index is 3.52. The van der Waals surface area contributed by atoms with E-state index in [1.54, 1.807) is 0 Å².